The molecule has 4 atom stereocenters. The van der Waals surface area contributed by atoms with Crippen molar-refractivity contribution in [2.45, 2.75) is 70.5 Å². The largest absolute Gasteiger partial charge is 0.326 e. The van der Waals surface area contributed by atoms with E-state index in [1.165, 1.54) is 49.8 Å². The number of nitrogens with two attached hydrogens (primary N) is 1. The lowest BCUT2D eigenvalue weighted by Crippen LogP contribution is -2.50. The van der Waals surface area contributed by atoms with Crippen molar-refractivity contribution < 1.29 is 0 Å². The first-order chi connectivity index (χ1) is 10.2. The molecular weight excluding hydrogens is 256 g/mol. The van der Waals surface area contributed by atoms with Gasteiger partial charge in [0.1, 0.15) is 0 Å². The smallest absolute Gasteiger partial charge is 0.0502 e. The van der Waals surface area contributed by atoms with E-state index in [1.54, 1.807) is 0 Å². The predicted octanol–water partition coefficient (Wildman–Crippen LogP) is 4.04. The second-order valence-corrected chi connectivity index (χ2v) is 7.07. The summed E-state index contributed by atoms with van der Waals surface area (Å²) in [7, 11) is 0. The highest BCUT2D eigenvalue weighted by molar-refractivity contribution is 5.27. The first-order valence-corrected chi connectivity index (χ1v) is 8.78. The summed E-state index contributed by atoms with van der Waals surface area (Å²) in [5.41, 5.74) is 9.35. The van der Waals surface area contributed by atoms with Crippen LogP contribution in [0.1, 0.15) is 62.6 Å². The Kier molecular flexibility index (Phi) is 4.66. The van der Waals surface area contributed by atoms with Crippen molar-refractivity contribution in [1.29, 1.82) is 0 Å². The quantitative estimate of drug-likeness (QED) is 0.905. The maximum Gasteiger partial charge on any atom is 0.0502 e. The van der Waals surface area contributed by atoms with Gasteiger partial charge in [0.05, 0.1) is 6.04 Å². The van der Waals surface area contributed by atoms with Crippen molar-refractivity contribution in [2.24, 2.45) is 11.7 Å². The van der Waals surface area contributed by atoms with Gasteiger partial charge in [-0.15, -0.1) is 0 Å². The van der Waals surface area contributed by atoms with Gasteiger partial charge in [0.25, 0.3) is 0 Å². The van der Waals surface area contributed by atoms with E-state index < -0.39 is 0 Å². The summed E-state index contributed by atoms with van der Waals surface area (Å²) >= 11 is 0. The Morgan fingerprint density at radius 2 is 2.05 bits per heavy atom. The Balaban J connectivity index is 1.91. The number of fused-ring (bicyclic) bond motifs is 1. The molecule has 0 spiro atoms. The molecule has 0 bridgehead atoms. The number of benzene rings is 1. The molecule has 0 aromatic heterocycles. The fraction of sp³-hybridized carbons (Fsp3) is 0.684. The van der Waals surface area contributed by atoms with Crippen molar-refractivity contribution in [3.63, 3.8) is 0 Å². The zero-order valence-corrected chi connectivity index (χ0v) is 13.6. The van der Waals surface area contributed by atoms with Crippen LogP contribution in [0.5, 0.6) is 0 Å². The van der Waals surface area contributed by atoms with Crippen molar-refractivity contribution in [1.82, 2.24) is 4.90 Å². The van der Waals surface area contributed by atoms with E-state index in [0.717, 1.165) is 18.4 Å². The summed E-state index contributed by atoms with van der Waals surface area (Å²) in [5, 5.41) is 0. The highest BCUT2D eigenvalue weighted by atomic mass is 15.2. The molecule has 21 heavy (non-hydrogen) atoms. The van der Waals surface area contributed by atoms with Crippen molar-refractivity contribution in [2.75, 3.05) is 6.54 Å². The average molecular weight is 286 g/mol. The van der Waals surface area contributed by atoms with Gasteiger partial charge >= 0.3 is 0 Å². The van der Waals surface area contributed by atoms with Crippen LogP contribution in [0, 0.1) is 12.8 Å². The number of likely N-dealkylation sites (tertiary alicyclic amines) is 1. The molecule has 1 saturated carbocycles. The minimum atomic E-state index is 0.242. The van der Waals surface area contributed by atoms with Crippen LogP contribution >= 0.6 is 0 Å². The van der Waals surface area contributed by atoms with Crippen LogP contribution in [0.2, 0.25) is 0 Å². The van der Waals surface area contributed by atoms with Crippen LogP contribution in [0.4, 0.5) is 0 Å². The number of hydrogen-bond acceptors (Lipinski definition) is 2. The normalized spacial score (nSPS) is 29.1. The minimum Gasteiger partial charge on any atom is -0.326 e. The number of piperidine rings is 1. The lowest BCUT2D eigenvalue weighted by atomic mass is 9.86. The summed E-state index contributed by atoms with van der Waals surface area (Å²) < 4.78 is 0. The van der Waals surface area contributed by atoms with Crippen LogP contribution in [0.25, 0.3) is 0 Å². The minimum absolute atomic E-state index is 0.242. The zero-order chi connectivity index (χ0) is 14.8. The summed E-state index contributed by atoms with van der Waals surface area (Å²) in [6.07, 6.45) is 8.05. The predicted molar refractivity (Wildman–Crippen MR) is 89.3 cm³/mol. The summed E-state index contributed by atoms with van der Waals surface area (Å²) in [6, 6.07) is 10.4. The van der Waals surface area contributed by atoms with Gasteiger partial charge in [-0.05, 0) is 57.1 Å². The standard InChI is InChI=1S/C19H30N2/c1-3-17(20)19(16-9-4-7-14(2)13-16)21-12-6-10-15-8-5-11-18(15)21/h4,7,9,13,15,17-19H,3,5-6,8,10-12,20H2,1-2H3. The second kappa shape index (κ2) is 6.50. The maximum atomic E-state index is 6.57. The molecule has 1 saturated heterocycles. The molecule has 1 heterocycles. The molecule has 2 N–H and O–H groups in total. The molecule has 3 rings (SSSR count). The Bertz CT molecular complexity index is 470. The van der Waals surface area contributed by atoms with E-state index in [1.807, 2.05) is 0 Å². The van der Waals surface area contributed by atoms with Crippen LogP contribution in [-0.2, 0) is 0 Å². The third kappa shape index (κ3) is 3.02. The Hall–Kier alpha value is -0.860. The van der Waals surface area contributed by atoms with Crippen molar-refractivity contribution in [3.8, 4) is 0 Å². The summed E-state index contributed by atoms with van der Waals surface area (Å²) in [5.74, 6) is 0.926. The Morgan fingerprint density at radius 1 is 1.24 bits per heavy atom. The SMILES string of the molecule is CCC(N)C(c1cccc(C)c1)N1CCCC2CCCC21. The van der Waals surface area contributed by atoms with Gasteiger partial charge in [0.2, 0.25) is 0 Å². The molecule has 1 aliphatic heterocycles. The van der Waals surface area contributed by atoms with Gasteiger partial charge in [-0.1, -0.05) is 43.2 Å². The molecule has 0 radical (unpaired) electrons. The van der Waals surface area contributed by atoms with Gasteiger partial charge < -0.3 is 5.73 Å². The molecule has 4 unspecified atom stereocenters. The van der Waals surface area contributed by atoms with E-state index in [9.17, 15) is 0 Å². The molecule has 116 valence electrons. The van der Waals surface area contributed by atoms with E-state index in [4.69, 9.17) is 5.73 Å². The fourth-order valence-electron chi connectivity index (χ4n) is 4.60. The fourth-order valence-corrected chi connectivity index (χ4v) is 4.60. The van der Waals surface area contributed by atoms with E-state index in [-0.39, 0.29) is 6.04 Å². The first-order valence-electron chi connectivity index (χ1n) is 8.78. The third-order valence-electron chi connectivity index (χ3n) is 5.65. The number of nitrogens with zero attached hydrogens (tertiary/aromatic N) is 1. The molecule has 2 fully saturated rings. The summed E-state index contributed by atoms with van der Waals surface area (Å²) in [6.45, 7) is 5.64. The lowest BCUT2D eigenvalue weighted by molar-refractivity contribution is 0.0537. The second-order valence-electron chi connectivity index (χ2n) is 7.07. The highest BCUT2D eigenvalue weighted by Gasteiger charge is 2.39. The first kappa shape index (κ1) is 15.1. The molecule has 1 aromatic carbocycles. The summed E-state index contributed by atoms with van der Waals surface area (Å²) in [4.78, 5) is 2.77. The molecule has 2 heteroatoms. The van der Waals surface area contributed by atoms with E-state index >= 15 is 0 Å². The highest BCUT2D eigenvalue weighted by Crippen LogP contribution is 2.41. The zero-order valence-electron chi connectivity index (χ0n) is 13.6. The molecule has 2 nitrogen and oxygen atoms in total. The van der Waals surface area contributed by atoms with Gasteiger partial charge in [0.15, 0.2) is 0 Å². The van der Waals surface area contributed by atoms with Crippen molar-refractivity contribution in [3.05, 3.63) is 35.4 Å². The Labute approximate surface area is 129 Å². The number of aryl methyl sites for hydroxylation is 1. The van der Waals surface area contributed by atoms with Gasteiger partial charge in [-0.3, -0.25) is 4.90 Å². The van der Waals surface area contributed by atoms with Crippen molar-refractivity contribution >= 4 is 0 Å². The van der Waals surface area contributed by atoms with Crippen LogP contribution in [0.3, 0.4) is 0 Å². The van der Waals surface area contributed by atoms with Crippen LogP contribution in [0.15, 0.2) is 24.3 Å². The van der Waals surface area contributed by atoms with Crippen LogP contribution < -0.4 is 5.73 Å². The number of hydrogen-bond donors (Lipinski definition) is 1. The molecule has 2 aliphatic rings. The third-order valence-corrected chi connectivity index (χ3v) is 5.65. The topological polar surface area (TPSA) is 29.3 Å². The molecule has 0 amide bonds. The van der Waals surface area contributed by atoms with Crippen LogP contribution in [-0.4, -0.2) is 23.5 Å². The van der Waals surface area contributed by atoms with E-state index in [0.29, 0.717) is 6.04 Å². The molecule has 1 aromatic rings. The van der Waals surface area contributed by atoms with Gasteiger partial charge in [-0.25, -0.2) is 0 Å². The lowest BCUT2D eigenvalue weighted by Gasteiger charge is -2.45. The molecular formula is C19H30N2. The Morgan fingerprint density at radius 3 is 2.81 bits per heavy atom. The van der Waals surface area contributed by atoms with Gasteiger partial charge in [-0.2, -0.15) is 0 Å². The molecule has 1 aliphatic carbocycles. The maximum absolute atomic E-state index is 6.57. The van der Waals surface area contributed by atoms with E-state index in [2.05, 4.69) is 43.0 Å². The average Bonchev–Trinajstić information content (AvgIpc) is 2.96. The monoisotopic (exact) mass is 286 g/mol. The van der Waals surface area contributed by atoms with Gasteiger partial charge in [0, 0.05) is 12.1 Å². The number of rotatable bonds is 4.